The Morgan fingerprint density at radius 1 is 1.25 bits per heavy atom. The minimum Gasteiger partial charge on any atom is -0.383 e. The van der Waals surface area contributed by atoms with Crippen LogP contribution in [0, 0.1) is 0 Å². The van der Waals surface area contributed by atoms with Gasteiger partial charge in [-0.05, 0) is 23.8 Å². The lowest BCUT2D eigenvalue weighted by Gasteiger charge is -2.09. The lowest BCUT2D eigenvalue weighted by atomic mass is 10.1. The number of nitrogens with one attached hydrogen (secondary N) is 1. The van der Waals surface area contributed by atoms with E-state index in [2.05, 4.69) is 5.32 Å². The van der Waals surface area contributed by atoms with E-state index in [1.807, 2.05) is 0 Å². The van der Waals surface area contributed by atoms with Gasteiger partial charge in [-0.2, -0.15) is 0 Å². The summed E-state index contributed by atoms with van der Waals surface area (Å²) in [4.78, 5) is 11.8. The summed E-state index contributed by atoms with van der Waals surface area (Å²) in [5.74, 6) is -0.398. The minimum absolute atomic E-state index is 0.121. The quantitative estimate of drug-likeness (QED) is 0.681. The highest BCUT2D eigenvalue weighted by Crippen LogP contribution is 2.15. The van der Waals surface area contributed by atoms with Gasteiger partial charge in [0.1, 0.15) is 0 Å². The van der Waals surface area contributed by atoms with Crippen molar-refractivity contribution in [3.8, 4) is 0 Å². The maximum absolute atomic E-state index is 11.9. The number of primary sulfonamides is 1. The molecule has 0 bridgehead atoms. The predicted octanol–water partition coefficient (Wildman–Crippen LogP) is -0.143. The molecule has 0 radical (unpaired) electrons. The second-order valence-electron chi connectivity index (χ2n) is 4.09. The molecular weight excluding hydrogens is 284 g/mol. The van der Waals surface area contributed by atoms with E-state index in [9.17, 15) is 13.2 Å². The predicted molar refractivity (Wildman–Crippen MR) is 72.7 cm³/mol. The lowest BCUT2D eigenvalue weighted by molar-refractivity contribution is 0.0936. The highest BCUT2D eigenvalue weighted by Gasteiger charge is 2.14. The normalized spacial score (nSPS) is 11.3. The average Bonchev–Trinajstić information content (AvgIpc) is 2.38. The van der Waals surface area contributed by atoms with Crippen LogP contribution in [0.25, 0.3) is 0 Å². The van der Waals surface area contributed by atoms with Gasteiger partial charge in [0.25, 0.3) is 5.91 Å². The van der Waals surface area contributed by atoms with Gasteiger partial charge in [0.05, 0.1) is 18.1 Å². The molecule has 1 aromatic rings. The molecule has 1 rings (SSSR count). The highest BCUT2D eigenvalue weighted by atomic mass is 32.2. The summed E-state index contributed by atoms with van der Waals surface area (Å²) in [6, 6.07) is 4.17. The Morgan fingerprint density at radius 2 is 1.95 bits per heavy atom. The van der Waals surface area contributed by atoms with Crippen molar-refractivity contribution in [2.24, 2.45) is 5.14 Å². The molecule has 0 heterocycles. The van der Waals surface area contributed by atoms with Crippen LogP contribution >= 0.6 is 0 Å². The largest absolute Gasteiger partial charge is 0.383 e. The molecule has 0 aliphatic carbocycles. The van der Waals surface area contributed by atoms with Crippen molar-refractivity contribution < 1.29 is 22.7 Å². The van der Waals surface area contributed by atoms with Gasteiger partial charge in [-0.3, -0.25) is 4.79 Å². The third-order valence-electron chi connectivity index (χ3n) is 2.46. The molecule has 0 aliphatic rings. The number of amides is 1. The van der Waals surface area contributed by atoms with E-state index >= 15 is 0 Å². The first-order chi connectivity index (χ1) is 9.38. The molecule has 0 fully saturated rings. The summed E-state index contributed by atoms with van der Waals surface area (Å²) in [5.41, 5.74) is 0.760. The highest BCUT2D eigenvalue weighted by molar-refractivity contribution is 7.89. The third-order valence-corrected chi connectivity index (χ3v) is 3.35. The van der Waals surface area contributed by atoms with E-state index in [1.165, 1.54) is 26.4 Å². The summed E-state index contributed by atoms with van der Waals surface area (Å²) in [5, 5.41) is 7.70. The number of benzene rings is 1. The first-order valence-electron chi connectivity index (χ1n) is 5.81. The van der Waals surface area contributed by atoms with Gasteiger partial charge in [0.15, 0.2) is 0 Å². The molecule has 0 aliphatic heterocycles. The summed E-state index contributed by atoms with van der Waals surface area (Å²) < 4.78 is 32.6. The van der Waals surface area contributed by atoms with E-state index < -0.39 is 15.9 Å². The molecule has 1 aromatic carbocycles. The number of rotatable bonds is 7. The Morgan fingerprint density at radius 3 is 2.50 bits per heavy atom. The molecule has 0 saturated carbocycles. The Balaban J connectivity index is 3.05. The molecule has 0 aromatic heterocycles. The molecule has 0 atom stereocenters. The number of methoxy groups -OCH3 is 2. The first-order valence-corrected chi connectivity index (χ1v) is 7.36. The van der Waals surface area contributed by atoms with Gasteiger partial charge >= 0.3 is 0 Å². The third kappa shape index (κ3) is 4.89. The van der Waals surface area contributed by atoms with E-state index in [0.717, 1.165) is 0 Å². The lowest BCUT2D eigenvalue weighted by Crippen LogP contribution is -2.27. The zero-order chi connectivity index (χ0) is 15.2. The van der Waals surface area contributed by atoms with Crippen molar-refractivity contribution in [2.45, 2.75) is 11.5 Å². The van der Waals surface area contributed by atoms with Crippen LogP contribution in [0.15, 0.2) is 23.1 Å². The number of hydrogen-bond donors (Lipinski definition) is 2. The van der Waals surface area contributed by atoms with E-state index in [1.54, 1.807) is 6.07 Å². The SMILES string of the molecule is COCCNC(=O)c1cc(COC)cc(S(N)(=O)=O)c1. The van der Waals surface area contributed by atoms with Crippen molar-refractivity contribution in [3.05, 3.63) is 29.3 Å². The second kappa shape index (κ2) is 7.34. The zero-order valence-corrected chi connectivity index (χ0v) is 12.2. The van der Waals surface area contributed by atoms with Crippen molar-refractivity contribution >= 4 is 15.9 Å². The number of carbonyl (C=O) groups is 1. The number of sulfonamides is 1. The van der Waals surface area contributed by atoms with Crippen LogP contribution in [0.1, 0.15) is 15.9 Å². The van der Waals surface area contributed by atoms with Crippen molar-refractivity contribution in [2.75, 3.05) is 27.4 Å². The van der Waals surface area contributed by atoms with Crippen LogP contribution in [0.2, 0.25) is 0 Å². The van der Waals surface area contributed by atoms with Gasteiger partial charge in [-0.15, -0.1) is 0 Å². The Hall–Kier alpha value is -1.48. The smallest absolute Gasteiger partial charge is 0.251 e. The van der Waals surface area contributed by atoms with Gasteiger partial charge in [0, 0.05) is 26.3 Å². The summed E-state index contributed by atoms with van der Waals surface area (Å²) in [6.07, 6.45) is 0. The number of ether oxygens (including phenoxy) is 2. The molecule has 8 heteroatoms. The summed E-state index contributed by atoms with van der Waals surface area (Å²) >= 11 is 0. The van der Waals surface area contributed by atoms with Gasteiger partial charge in [-0.25, -0.2) is 13.6 Å². The van der Waals surface area contributed by atoms with Crippen LogP contribution in [0.5, 0.6) is 0 Å². The van der Waals surface area contributed by atoms with Gasteiger partial charge in [0.2, 0.25) is 10.0 Å². The van der Waals surface area contributed by atoms with Crippen LogP contribution in [0.4, 0.5) is 0 Å². The number of hydrogen-bond acceptors (Lipinski definition) is 5. The standard InChI is InChI=1S/C12H18N2O5S/c1-18-4-3-14-12(15)10-5-9(8-19-2)6-11(7-10)20(13,16)17/h5-7H,3-4,8H2,1-2H3,(H,14,15)(H2,13,16,17). The van der Waals surface area contributed by atoms with Gasteiger partial charge in [-0.1, -0.05) is 0 Å². The van der Waals surface area contributed by atoms with Crippen LogP contribution in [0.3, 0.4) is 0 Å². The molecule has 7 nitrogen and oxygen atoms in total. The zero-order valence-electron chi connectivity index (χ0n) is 11.4. The minimum atomic E-state index is -3.89. The van der Waals surface area contributed by atoms with Crippen LogP contribution in [-0.4, -0.2) is 41.7 Å². The number of nitrogens with two attached hydrogens (primary N) is 1. The summed E-state index contributed by atoms with van der Waals surface area (Å²) in [6.45, 7) is 0.877. The molecule has 3 N–H and O–H groups in total. The molecule has 0 saturated heterocycles. The molecule has 112 valence electrons. The Bertz CT molecular complexity index is 571. The molecule has 0 spiro atoms. The molecular formula is C12H18N2O5S. The van der Waals surface area contributed by atoms with E-state index in [4.69, 9.17) is 14.6 Å². The van der Waals surface area contributed by atoms with E-state index in [0.29, 0.717) is 18.7 Å². The monoisotopic (exact) mass is 302 g/mol. The number of carbonyl (C=O) groups excluding carboxylic acids is 1. The molecule has 1 amide bonds. The maximum Gasteiger partial charge on any atom is 0.251 e. The average molecular weight is 302 g/mol. The topological polar surface area (TPSA) is 108 Å². The van der Waals surface area contributed by atoms with Crippen molar-refractivity contribution in [1.82, 2.24) is 5.32 Å². The molecule has 20 heavy (non-hydrogen) atoms. The van der Waals surface area contributed by atoms with E-state index in [-0.39, 0.29) is 17.1 Å². The fraction of sp³-hybridized carbons (Fsp3) is 0.417. The van der Waals surface area contributed by atoms with Crippen LogP contribution in [-0.2, 0) is 26.1 Å². The first kappa shape index (κ1) is 16.6. The van der Waals surface area contributed by atoms with Crippen molar-refractivity contribution in [3.63, 3.8) is 0 Å². The summed E-state index contributed by atoms with van der Waals surface area (Å²) in [7, 11) is -0.893. The van der Waals surface area contributed by atoms with Crippen molar-refractivity contribution in [1.29, 1.82) is 0 Å². The molecule has 0 unspecified atom stereocenters. The Kier molecular flexibility index (Phi) is 6.08. The van der Waals surface area contributed by atoms with Gasteiger partial charge < -0.3 is 14.8 Å². The van der Waals surface area contributed by atoms with Crippen LogP contribution < -0.4 is 10.5 Å². The Labute approximate surface area is 118 Å². The second-order valence-corrected chi connectivity index (χ2v) is 5.65. The fourth-order valence-corrected chi connectivity index (χ4v) is 2.18. The fourth-order valence-electron chi connectivity index (χ4n) is 1.57. The maximum atomic E-state index is 11.9.